The number of carbonyl (C=O) groups excluding carboxylic acids is 1. The molecule has 1 fully saturated rings. The predicted octanol–water partition coefficient (Wildman–Crippen LogP) is 3.32. The van der Waals surface area contributed by atoms with Crippen LogP contribution in [0.5, 0.6) is 0 Å². The Bertz CT molecular complexity index is 493. The van der Waals surface area contributed by atoms with Crippen molar-refractivity contribution in [1.82, 2.24) is 5.32 Å². The summed E-state index contributed by atoms with van der Waals surface area (Å²) in [5.41, 5.74) is 0.718. The van der Waals surface area contributed by atoms with Crippen molar-refractivity contribution in [3.05, 3.63) is 34.3 Å². The van der Waals surface area contributed by atoms with Gasteiger partial charge in [-0.25, -0.2) is 0 Å². The number of carbonyl (C=O) groups is 1. The van der Waals surface area contributed by atoms with Gasteiger partial charge in [-0.15, -0.1) is 0 Å². The van der Waals surface area contributed by atoms with Crippen LogP contribution in [0.15, 0.2) is 18.2 Å². The minimum Gasteiger partial charge on any atom is -0.388 e. The van der Waals surface area contributed by atoms with Gasteiger partial charge in [-0.2, -0.15) is 0 Å². The zero-order valence-corrected chi connectivity index (χ0v) is 12.8. The monoisotopic (exact) mass is 295 g/mol. The molecule has 1 saturated carbocycles. The van der Waals surface area contributed by atoms with Gasteiger partial charge >= 0.3 is 0 Å². The van der Waals surface area contributed by atoms with Gasteiger partial charge in [-0.05, 0) is 56.2 Å². The van der Waals surface area contributed by atoms with E-state index in [9.17, 15) is 9.90 Å². The average Bonchev–Trinajstić information content (AvgIpc) is 2.40. The molecular formula is C16H22ClNO2. The fraction of sp³-hybridized carbons (Fsp3) is 0.562. The lowest BCUT2D eigenvalue weighted by Gasteiger charge is -2.35. The normalized spacial score (nSPS) is 26.3. The summed E-state index contributed by atoms with van der Waals surface area (Å²) in [4.78, 5) is 12.1. The van der Waals surface area contributed by atoms with Gasteiger partial charge in [-0.1, -0.05) is 24.6 Å². The van der Waals surface area contributed by atoms with Gasteiger partial charge in [0.1, 0.15) is 0 Å². The molecule has 0 radical (unpaired) electrons. The van der Waals surface area contributed by atoms with E-state index < -0.39 is 5.60 Å². The van der Waals surface area contributed by atoms with Crippen molar-refractivity contribution in [2.24, 2.45) is 5.92 Å². The number of nitrogens with one attached hydrogen (secondary N) is 1. The molecule has 3 nitrogen and oxygen atoms in total. The first-order valence-electron chi connectivity index (χ1n) is 7.16. The summed E-state index contributed by atoms with van der Waals surface area (Å²) < 4.78 is 0. The molecule has 2 N–H and O–H groups in total. The van der Waals surface area contributed by atoms with Crippen molar-refractivity contribution in [2.75, 3.05) is 6.54 Å². The molecule has 0 unspecified atom stereocenters. The molecule has 1 aliphatic rings. The molecule has 1 aliphatic carbocycles. The lowest BCUT2D eigenvalue weighted by molar-refractivity contribution is -0.00539. The van der Waals surface area contributed by atoms with E-state index in [-0.39, 0.29) is 5.91 Å². The van der Waals surface area contributed by atoms with E-state index in [0.29, 0.717) is 23.0 Å². The quantitative estimate of drug-likeness (QED) is 0.899. The molecule has 0 spiro atoms. The maximum absolute atomic E-state index is 12.1. The van der Waals surface area contributed by atoms with Gasteiger partial charge in [0, 0.05) is 6.54 Å². The van der Waals surface area contributed by atoms with Gasteiger partial charge in [0.15, 0.2) is 0 Å². The van der Waals surface area contributed by atoms with Crippen LogP contribution in [0.3, 0.4) is 0 Å². The maximum atomic E-state index is 12.1. The summed E-state index contributed by atoms with van der Waals surface area (Å²) in [6.07, 6.45) is 3.52. The minimum atomic E-state index is -0.765. The van der Waals surface area contributed by atoms with Crippen molar-refractivity contribution >= 4 is 17.5 Å². The molecule has 0 atom stereocenters. The lowest BCUT2D eigenvalue weighted by atomic mass is 9.79. The van der Waals surface area contributed by atoms with Crippen molar-refractivity contribution in [2.45, 2.75) is 45.1 Å². The molecule has 0 saturated heterocycles. The summed E-state index contributed by atoms with van der Waals surface area (Å²) in [5.74, 6) is 0.444. The Morgan fingerprint density at radius 3 is 2.70 bits per heavy atom. The van der Waals surface area contributed by atoms with Crippen LogP contribution in [0.2, 0.25) is 5.02 Å². The number of aliphatic hydroxyl groups is 1. The second kappa shape index (κ2) is 6.15. The fourth-order valence-corrected chi connectivity index (χ4v) is 2.94. The van der Waals surface area contributed by atoms with Crippen LogP contribution in [0.4, 0.5) is 0 Å². The minimum absolute atomic E-state index is 0.220. The van der Waals surface area contributed by atoms with Gasteiger partial charge in [0.05, 0.1) is 16.2 Å². The standard InChI is InChI=1S/C16H22ClNO2/c1-11-5-7-16(20,8-6-11)10-18-15(19)13-4-3-12(2)9-14(13)17/h3-4,9,11,20H,5-8,10H2,1-2H3,(H,18,19). The molecule has 110 valence electrons. The third kappa shape index (κ3) is 3.74. The molecule has 0 aromatic heterocycles. The Morgan fingerprint density at radius 1 is 1.45 bits per heavy atom. The summed E-state index contributed by atoms with van der Waals surface area (Å²) >= 11 is 6.08. The molecule has 1 aromatic carbocycles. The first-order chi connectivity index (χ1) is 9.39. The van der Waals surface area contributed by atoms with Crippen molar-refractivity contribution in [3.8, 4) is 0 Å². The average molecular weight is 296 g/mol. The summed E-state index contributed by atoms with van der Waals surface area (Å²) in [6.45, 7) is 4.42. The highest BCUT2D eigenvalue weighted by Gasteiger charge is 2.32. The Hall–Kier alpha value is -1.06. The zero-order valence-electron chi connectivity index (χ0n) is 12.1. The maximum Gasteiger partial charge on any atom is 0.252 e. The second-order valence-electron chi connectivity index (χ2n) is 6.07. The van der Waals surface area contributed by atoms with E-state index in [4.69, 9.17) is 11.6 Å². The summed E-state index contributed by atoms with van der Waals surface area (Å²) in [5, 5.41) is 13.7. The van der Waals surface area contributed by atoms with E-state index in [1.165, 1.54) is 0 Å². The van der Waals surface area contributed by atoms with Gasteiger partial charge in [-0.3, -0.25) is 4.79 Å². The summed E-state index contributed by atoms with van der Waals surface area (Å²) in [7, 11) is 0. The largest absolute Gasteiger partial charge is 0.388 e. The predicted molar refractivity (Wildman–Crippen MR) is 81.1 cm³/mol. The SMILES string of the molecule is Cc1ccc(C(=O)NCC2(O)CCC(C)CC2)c(Cl)c1. The Morgan fingerprint density at radius 2 is 2.10 bits per heavy atom. The Kier molecular flexibility index (Phi) is 4.71. The van der Waals surface area contributed by atoms with Crippen molar-refractivity contribution in [1.29, 1.82) is 0 Å². The highest BCUT2D eigenvalue weighted by atomic mass is 35.5. The lowest BCUT2D eigenvalue weighted by Crippen LogP contribution is -2.45. The van der Waals surface area contributed by atoms with E-state index >= 15 is 0 Å². The highest BCUT2D eigenvalue weighted by Crippen LogP contribution is 2.31. The van der Waals surface area contributed by atoms with Crippen LogP contribution in [-0.4, -0.2) is 23.2 Å². The van der Waals surface area contributed by atoms with Crippen LogP contribution in [-0.2, 0) is 0 Å². The Labute approximate surface area is 125 Å². The smallest absolute Gasteiger partial charge is 0.252 e. The van der Waals surface area contributed by atoms with Crippen LogP contribution in [0, 0.1) is 12.8 Å². The molecule has 1 amide bonds. The zero-order chi connectivity index (χ0) is 14.8. The van der Waals surface area contributed by atoms with E-state index in [1.54, 1.807) is 12.1 Å². The Balaban J connectivity index is 1.95. The highest BCUT2D eigenvalue weighted by molar-refractivity contribution is 6.33. The number of hydrogen-bond donors (Lipinski definition) is 2. The second-order valence-corrected chi connectivity index (χ2v) is 6.48. The van der Waals surface area contributed by atoms with Crippen LogP contribution >= 0.6 is 11.6 Å². The number of aryl methyl sites for hydroxylation is 1. The van der Waals surface area contributed by atoms with E-state index in [0.717, 1.165) is 31.2 Å². The van der Waals surface area contributed by atoms with Crippen LogP contribution in [0.1, 0.15) is 48.5 Å². The van der Waals surface area contributed by atoms with Gasteiger partial charge in [0.25, 0.3) is 5.91 Å². The molecule has 20 heavy (non-hydrogen) atoms. The van der Waals surface area contributed by atoms with E-state index in [1.807, 2.05) is 13.0 Å². The molecule has 1 aromatic rings. The van der Waals surface area contributed by atoms with Crippen molar-refractivity contribution in [3.63, 3.8) is 0 Å². The van der Waals surface area contributed by atoms with Crippen LogP contribution in [0.25, 0.3) is 0 Å². The molecule has 0 heterocycles. The first-order valence-corrected chi connectivity index (χ1v) is 7.54. The third-order valence-electron chi connectivity index (χ3n) is 4.15. The molecule has 2 rings (SSSR count). The number of amides is 1. The first kappa shape index (κ1) is 15.3. The number of benzene rings is 1. The number of halogens is 1. The molecular weight excluding hydrogens is 274 g/mol. The van der Waals surface area contributed by atoms with Gasteiger partial charge < -0.3 is 10.4 Å². The third-order valence-corrected chi connectivity index (χ3v) is 4.46. The molecule has 0 bridgehead atoms. The molecule has 0 aliphatic heterocycles. The van der Waals surface area contributed by atoms with Gasteiger partial charge in [0.2, 0.25) is 0 Å². The number of rotatable bonds is 3. The van der Waals surface area contributed by atoms with Crippen LogP contribution < -0.4 is 5.32 Å². The summed E-state index contributed by atoms with van der Waals surface area (Å²) in [6, 6.07) is 5.35. The van der Waals surface area contributed by atoms with Crippen molar-refractivity contribution < 1.29 is 9.90 Å². The molecule has 4 heteroatoms. The topological polar surface area (TPSA) is 49.3 Å². The number of hydrogen-bond acceptors (Lipinski definition) is 2. The van der Waals surface area contributed by atoms with E-state index in [2.05, 4.69) is 12.2 Å². The fourth-order valence-electron chi connectivity index (χ4n) is 2.62.